The van der Waals surface area contributed by atoms with E-state index < -0.39 is 10.0 Å². The van der Waals surface area contributed by atoms with E-state index >= 15 is 0 Å². The SMILES string of the molecule is Cc1cccc(-c2[nH]c(C34CCC(NS(=O)(=O)Cc5ccccc5)(CC3)CC4)nc2-c2ccc3c(c2)OCO3)n1. The summed E-state index contributed by atoms with van der Waals surface area (Å²) in [7, 11) is -3.45. The number of nitrogens with one attached hydrogen (secondary N) is 2. The lowest BCUT2D eigenvalue weighted by Gasteiger charge is -2.52. The van der Waals surface area contributed by atoms with E-state index in [-0.39, 0.29) is 23.5 Å². The minimum atomic E-state index is -3.45. The molecule has 1 aliphatic heterocycles. The third-order valence-electron chi connectivity index (χ3n) is 8.81. The number of pyridine rings is 1. The number of aromatic nitrogens is 3. The maximum Gasteiger partial charge on any atom is 0.231 e. The highest BCUT2D eigenvalue weighted by molar-refractivity contribution is 7.88. The van der Waals surface area contributed by atoms with Gasteiger partial charge in [-0.25, -0.2) is 18.1 Å². The van der Waals surface area contributed by atoms with Crippen molar-refractivity contribution < 1.29 is 17.9 Å². The maximum absolute atomic E-state index is 13.1. The van der Waals surface area contributed by atoms with Crippen molar-refractivity contribution in [3.63, 3.8) is 0 Å². The Morgan fingerprint density at radius 3 is 2.38 bits per heavy atom. The highest BCUT2D eigenvalue weighted by Gasteiger charge is 2.52. The molecule has 2 aromatic heterocycles. The number of benzene rings is 2. The van der Waals surface area contributed by atoms with E-state index in [4.69, 9.17) is 19.4 Å². The van der Waals surface area contributed by atoms with Crippen molar-refractivity contribution in [2.24, 2.45) is 0 Å². The fourth-order valence-electron chi connectivity index (χ4n) is 6.60. The zero-order chi connectivity index (χ0) is 27.4. The van der Waals surface area contributed by atoms with Crippen LogP contribution in [0.2, 0.25) is 0 Å². The number of sulfonamides is 1. The minimum absolute atomic E-state index is 0.00462. The molecule has 0 unspecified atom stereocenters. The number of hydrogen-bond acceptors (Lipinski definition) is 6. The molecule has 0 radical (unpaired) electrons. The van der Waals surface area contributed by atoms with Crippen LogP contribution in [0.5, 0.6) is 11.5 Å². The molecule has 2 aromatic carbocycles. The van der Waals surface area contributed by atoms with Gasteiger partial charge < -0.3 is 14.5 Å². The standard InChI is InChI=1S/C31H32N4O4S/c1-21-6-5-9-24(32-21)28-27(23-10-11-25-26(18-23)39-20-38-25)33-29(34-28)30-12-15-31(16-13-30,17-14-30)35-40(36,37)19-22-7-3-2-4-8-22/h2-11,18,35H,12-17,19-20H2,1H3,(H,33,34). The molecule has 0 saturated heterocycles. The lowest BCUT2D eigenvalue weighted by Crippen LogP contribution is -2.58. The summed E-state index contributed by atoms with van der Waals surface area (Å²) in [5.74, 6) is 2.41. The van der Waals surface area contributed by atoms with Crippen LogP contribution in [0.4, 0.5) is 0 Å². The van der Waals surface area contributed by atoms with E-state index in [1.165, 1.54) is 0 Å². The van der Waals surface area contributed by atoms with Gasteiger partial charge in [-0.05, 0) is 81.3 Å². The first kappa shape index (κ1) is 25.3. The predicted octanol–water partition coefficient (Wildman–Crippen LogP) is 5.64. The number of H-pyrrole nitrogens is 1. The zero-order valence-electron chi connectivity index (χ0n) is 22.4. The molecule has 4 aromatic rings. The second-order valence-electron chi connectivity index (χ2n) is 11.4. The summed E-state index contributed by atoms with van der Waals surface area (Å²) in [5, 5.41) is 0. The van der Waals surface area contributed by atoms with Gasteiger partial charge in [-0.1, -0.05) is 36.4 Å². The van der Waals surface area contributed by atoms with E-state index in [2.05, 4.69) is 9.71 Å². The number of fused-ring (bicyclic) bond motifs is 4. The third kappa shape index (κ3) is 4.57. The van der Waals surface area contributed by atoms with Gasteiger partial charge in [0.15, 0.2) is 11.5 Å². The number of aromatic amines is 1. The van der Waals surface area contributed by atoms with Crippen LogP contribution in [0.15, 0.2) is 66.7 Å². The molecule has 40 heavy (non-hydrogen) atoms. The quantitative estimate of drug-likeness (QED) is 0.305. The molecule has 9 heteroatoms. The number of ether oxygens (including phenoxy) is 2. The van der Waals surface area contributed by atoms with E-state index in [9.17, 15) is 8.42 Å². The van der Waals surface area contributed by atoms with E-state index in [1.54, 1.807) is 0 Å². The smallest absolute Gasteiger partial charge is 0.231 e. The molecular formula is C31H32N4O4S. The van der Waals surface area contributed by atoms with Gasteiger partial charge in [0.2, 0.25) is 16.8 Å². The number of hydrogen-bond donors (Lipinski definition) is 2. The second kappa shape index (κ2) is 9.45. The Labute approximate surface area is 234 Å². The lowest BCUT2D eigenvalue weighted by atomic mass is 9.57. The summed E-state index contributed by atoms with van der Waals surface area (Å²) < 4.78 is 40.5. The summed E-state index contributed by atoms with van der Waals surface area (Å²) in [5.41, 5.74) is 4.74. The normalized spacial score (nSPS) is 23.4. The summed E-state index contributed by atoms with van der Waals surface area (Å²) in [6.45, 7) is 2.21. The molecule has 0 atom stereocenters. The molecule has 3 heterocycles. The summed E-state index contributed by atoms with van der Waals surface area (Å²) in [6, 6.07) is 21.3. The molecule has 8 nitrogen and oxygen atoms in total. The van der Waals surface area contributed by atoms with Gasteiger partial charge in [0.05, 0.1) is 22.8 Å². The average molecular weight is 557 g/mol. The Kier molecular flexibility index (Phi) is 5.98. The van der Waals surface area contributed by atoms with Gasteiger partial charge in [-0.2, -0.15) is 0 Å². The summed E-state index contributed by atoms with van der Waals surface area (Å²) in [6.07, 6.45) is 4.98. The molecule has 8 rings (SSSR count). The van der Waals surface area contributed by atoms with Crippen LogP contribution in [-0.2, 0) is 21.2 Å². The average Bonchev–Trinajstić information content (AvgIpc) is 3.61. The van der Waals surface area contributed by atoms with Crippen molar-refractivity contribution in [1.82, 2.24) is 19.7 Å². The van der Waals surface area contributed by atoms with Crippen LogP contribution in [0.1, 0.15) is 55.6 Å². The Morgan fingerprint density at radius 1 is 0.875 bits per heavy atom. The molecule has 3 fully saturated rings. The van der Waals surface area contributed by atoms with Gasteiger partial charge in [-0.3, -0.25) is 4.98 Å². The monoisotopic (exact) mass is 556 g/mol. The van der Waals surface area contributed by atoms with E-state index in [0.29, 0.717) is 5.75 Å². The highest BCUT2D eigenvalue weighted by Crippen LogP contribution is 2.54. The number of rotatable bonds is 7. The number of imidazole rings is 1. The largest absolute Gasteiger partial charge is 0.454 e. The van der Waals surface area contributed by atoms with Gasteiger partial charge in [0, 0.05) is 22.2 Å². The van der Waals surface area contributed by atoms with Crippen molar-refractivity contribution >= 4 is 10.0 Å². The highest BCUT2D eigenvalue weighted by atomic mass is 32.2. The topological polar surface area (TPSA) is 106 Å². The first-order valence-corrected chi connectivity index (χ1v) is 15.5. The van der Waals surface area contributed by atoms with Gasteiger partial charge in [-0.15, -0.1) is 0 Å². The Bertz CT molecular complexity index is 1660. The van der Waals surface area contributed by atoms with Crippen LogP contribution in [0.25, 0.3) is 22.6 Å². The Hall–Kier alpha value is -3.69. The summed E-state index contributed by atoms with van der Waals surface area (Å²) >= 11 is 0. The van der Waals surface area contributed by atoms with Crippen molar-refractivity contribution in [3.8, 4) is 34.1 Å². The Morgan fingerprint density at radius 2 is 1.62 bits per heavy atom. The molecular weight excluding hydrogens is 524 g/mol. The first-order valence-electron chi connectivity index (χ1n) is 13.8. The van der Waals surface area contributed by atoms with Gasteiger partial charge >= 0.3 is 0 Å². The van der Waals surface area contributed by atoms with Crippen LogP contribution in [0.3, 0.4) is 0 Å². The second-order valence-corrected chi connectivity index (χ2v) is 13.2. The predicted molar refractivity (Wildman–Crippen MR) is 152 cm³/mol. The maximum atomic E-state index is 13.1. The van der Waals surface area contributed by atoms with Crippen molar-refractivity contribution in [3.05, 3.63) is 83.8 Å². The fourth-order valence-corrected chi connectivity index (χ4v) is 8.27. The molecule has 206 valence electrons. The lowest BCUT2D eigenvalue weighted by molar-refractivity contribution is 0.0893. The molecule has 3 saturated carbocycles. The molecule has 0 spiro atoms. The number of nitrogens with zero attached hydrogens (tertiary/aromatic N) is 2. The Balaban J connectivity index is 1.18. The minimum Gasteiger partial charge on any atom is -0.454 e. The molecule has 2 N–H and O–H groups in total. The van der Waals surface area contributed by atoms with Crippen molar-refractivity contribution in [1.29, 1.82) is 0 Å². The van der Waals surface area contributed by atoms with Crippen LogP contribution in [0, 0.1) is 6.92 Å². The third-order valence-corrected chi connectivity index (χ3v) is 10.3. The van der Waals surface area contributed by atoms with Crippen molar-refractivity contribution in [2.75, 3.05) is 6.79 Å². The van der Waals surface area contributed by atoms with E-state index in [0.717, 1.165) is 84.0 Å². The first-order chi connectivity index (χ1) is 19.3. The van der Waals surface area contributed by atoms with E-state index in [1.807, 2.05) is 73.7 Å². The molecule has 3 aliphatic carbocycles. The van der Waals surface area contributed by atoms with Crippen LogP contribution < -0.4 is 14.2 Å². The summed E-state index contributed by atoms with van der Waals surface area (Å²) in [4.78, 5) is 13.7. The van der Waals surface area contributed by atoms with Gasteiger partial charge in [0.25, 0.3) is 0 Å². The van der Waals surface area contributed by atoms with Gasteiger partial charge in [0.1, 0.15) is 5.82 Å². The zero-order valence-corrected chi connectivity index (χ0v) is 23.3. The molecule has 4 aliphatic rings. The fraction of sp³-hybridized carbons (Fsp3) is 0.355. The number of aryl methyl sites for hydroxylation is 1. The molecule has 2 bridgehead atoms. The van der Waals surface area contributed by atoms with Crippen molar-refractivity contribution in [2.45, 2.75) is 62.2 Å². The van der Waals surface area contributed by atoms with Crippen LogP contribution >= 0.6 is 0 Å². The van der Waals surface area contributed by atoms with Crippen LogP contribution in [-0.4, -0.2) is 35.7 Å². The molecule has 0 amide bonds.